The van der Waals surface area contributed by atoms with Crippen LogP contribution in [0.1, 0.15) is 47.0 Å². The molecule has 10 atom stereocenters. The second-order valence-electron chi connectivity index (χ2n) is 9.43. The molecule has 28 heavy (non-hydrogen) atoms. The van der Waals surface area contributed by atoms with Crippen molar-refractivity contribution in [3.63, 3.8) is 0 Å². The molecule has 5 N–H and O–H groups in total. The number of aliphatic hydroxyl groups is 5. The van der Waals surface area contributed by atoms with Gasteiger partial charge in [0.1, 0.15) is 24.4 Å². The highest BCUT2D eigenvalue weighted by Crippen LogP contribution is 2.54. The Morgan fingerprint density at radius 1 is 1.18 bits per heavy atom. The highest BCUT2D eigenvalue weighted by atomic mass is 16.7. The van der Waals surface area contributed by atoms with Gasteiger partial charge in [-0.25, -0.2) is 0 Å². The van der Waals surface area contributed by atoms with E-state index in [1.807, 2.05) is 0 Å². The Bertz CT molecular complexity index is 577. The molecule has 162 valence electrons. The lowest BCUT2D eigenvalue weighted by Gasteiger charge is -2.55. The summed E-state index contributed by atoms with van der Waals surface area (Å²) in [5.74, 6) is 0.482. The lowest BCUT2D eigenvalue weighted by Crippen LogP contribution is -2.62. The Hall–Kier alpha value is -0.540. The Labute approximate surface area is 167 Å². The Morgan fingerprint density at radius 2 is 1.86 bits per heavy atom. The predicted molar refractivity (Wildman–Crippen MR) is 102 cm³/mol. The van der Waals surface area contributed by atoms with Crippen LogP contribution in [0.15, 0.2) is 11.6 Å². The highest BCUT2D eigenvalue weighted by Gasteiger charge is 2.55. The Morgan fingerprint density at radius 3 is 2.46 bits per heavy atom. The van der Waals surface area contributed by atoms with Crippen LogP contribution in [0.3, 0.4) is 0 Å². The number of fused-ring (bicyclic) bond motifs is 1. The molecule has 1 saturated heterocycles. The van der Waals surface area contributed by atoms with E-state index in [9.17, 15) is 25.5 Å². The van der Waals surface area contributed by atoms with E-state index < -0.39 is 43.4 Å². The molecule has 2 aliphatic carbocycles. The molecule has 1 saturated carbocycles. The fraction of sp³-hybridized carbons (Fsp3) is 0.905. The third-order valence-electron chi connectivity index (χ3n) is 7.39. The summed E-state index contributed by atoms with van der Waals surface area (Å²) in [4.78, 5) is 0. The second kappa shape index (κ2) is 8.30. The first-order valence-corrected chi connectivity index (χ1v) is 10.4. The quantitative estimate of drug-likeness (QED) is 0.438. The van der Waals surface area contributed by atoms with Crippen LogP contribution in [-0.4, -0.2) is 75.1 Å². The third kappa shape index (κ3) is 3.67. The molecule has 3 rings (SSSR count). The van der Waals surface area contributed by atoms with Gasteiger partial charge in [0.2, 0.25) is 0 Å². The monoisotopic (exact) mass is 400 g/mol. The average molecular weight is 401 g/mol. The molecule has 10 unspecified atom stereocenters. The summed E-state index contributed by atoms with van der Waals surface area (Å²) in [6.07, 6.45) is -2.76. The normalized spacial score (nSPS) is 49.6. The molecular weight excluding hydrogens is 364 g/mol. The van der Waals surface area contributed by atoms with Crippen LogP contribution >= 0.6 is 0 Å². The van der Waals surface area contributed by atoms with Gasteiger partial charge in [0.25, 0.3) is 0 Å². The van der Waals surface area contributed by atoms with E-state index in [4.69, 9.17) is 9.47 Å². The molecule has 1 heterocycles. The predicted octanol–water partition coefficient (Wildman–Crippen LogP) is 0.571. The number of hydrogen-bond donors (Lipinski definition) is 5. The maximum absolute atomic E-state index is 10.8. The summed E-state index contributed by atoms with van der Waals surface area (Å²) in [6, 6.07) is 0. The number of hydrogen-bond acceptors (Lipinski definition) is 7. The van der Waals surface area contributed by atoms with Gasteiger partial charge < -0.3 is 35.0 Å². The summed E-state index contributed by atoms with van der Waals surface area (Å²) < 4.78 is 11.9. The largest absolute Gasteiger partial charge is 0.394 e. The van der Waals surface area contributed by atoms with Gasteiger partial charge in [-0.05, 0) is 38.0 Å². The van der Waals surface area contributed by atoms with Crippen molar-refractivity contribution in [1.82, 2.24) is 0 Å². The highest BCUT2D eigenvalue weighted by molar-refractivity contribution is 5.20. The maximum Gasteiger partial charge on any atom is 0.187 e. The van der Waals surface area contributed by atoms with E-state index in [0.717, 1.165) is 18.4 Å². The van der Waals surface area contributed by atoms with Crippen molar-refractivity contribution < 1.29 is 35.0 Å². The fourth-order valence-corrected chi connectivity index (χ4v) is 5.49. The Balaban J connectivity index is 1.91. The third-order valence-corrected chi connectivity index (χ3v) is 7.39. The van der Waals surface area contributed by atoms with Gasteiger partial charge >= 0.3 is 0 Å². The van der Waals surface area contributed by atoms with Gasteiger partial charge in [0, 0.05) is 11.3 Å². The van der Waals surface area contributed by atoms with Gasteiger partial charge in [-0.1, -0.05) is 32.4 Å². The van der Waals surface area contributed by atoms with Crippen LogP contribution in [0.2, 0.25) is 0 Å². The van der Waals surface area contributed by atoms with Gasteiger partial charge in [-0.15, -0.1) is 0 Å². The minimum absolute atomic E-state index is 0.0373. The molecule has 0 aromatic heterocycles. The number of ether oxygens (including phenoxy) is 2. The second-order valence-corrected chi connectivity index (χ2v) is 9.43. The minimum Gasteiger partial charge on any atom is -0.394 e. The zero-order valence-corrected chi connectivity index (χ0v) is 17.2. The van der Waals surface area contributed by atoms with Crippen molar-refractivity contribution in [2.75, 3.05) is 6.61 Å². The molecule has 7 heteroatoms. The molecule has 0 radical (unpaired) electrons. The first-order chi connectivity index (χ1) is 13.1. The van der Waals surface area contributed by atoms with Crippen LogP contribution in [0.25, 0.3) is 0 Å². The van der Waals surface area contributed by atoms with E-state index >= 15 is 0 Å². The van der Waals surface area contributed by atoms with Crippen LogP contribution in [0.5, 0.6) is 0 Å². The zero-order chi connectivity index (χ0) is 20.8. The van der Waals surface area contributed by atoms with Crippen LogP contribution < -0.4 is 0 Å². The van der Waals surface area contributed by atoms with E-state index in [-0.39, 0.29) is 23.4 Å². The topological polar surface area (TPSA) is 120 Å². The van der Waals surface area contributed by atoms with Crippen molar-refractivity contribution in [1.29, 1.82) is 0 Å². The molecular formula is C21H36O7. The lowest BCUT2D eigenvalue weighted by atomic mass is 9.54. The van der Waals surface area contributed by atoms with Crippen molar-refractivity contribution in [3.05, 3.63) is 11.6 Å². The summed E-state index contributed by atoms with van der Waals surface area (Å²) >= 11 is 0. The van der Waals surface area contributed by atoms with Crippen molar-refractivity contribution in [2.24, 2.45) is 23.2 Å². The van der Waals surface area contributed by atoms with E-state index in [1.165, 1.54) is 0 Å². The Kier molecular flexibility index (Phi) is 6.57. The van der Waals surface area contributed by atoms with Crippen molar-refractivity contribution in [3.8, 4) is 0 Å². The summed E-state index contributed by atoms with van der Waals surface area (Å²) in [7, 11) is 0. The van der Waals surface area contributed by atoms with E-state index in [2.05, 4.69) is 33.8 Å². The molecule has 0 amide bonds. The molecule has 0 aromatic rings. The van der Waals surface area contributed by atoms with Crippen LogP contribution in [-0.2, 0) is 9.47 Å². The minimum atomic E-state index is -1.46. The molecule has 0 bridgehead atoms. The SMILES string of the molecule is CC1=CCC(O)C2(C)CCC(C(C)C)C(OC3OC(CO)C(O)C(O)C3O)C12. The standard InChI is InChI=1S/C21H36O7/c1-10(2)12-7-8-21(4)14(23)6-5-11(3)15(21)19(12)28-20-18(26)17(25)16(24)13(9-22)27-20/h5,10,12-20,22-26H,6-9H2,1-4H3. The molecule has 7 nitrogen and oxygen atoms in total. The molecule has 0 aromatic carbocycles. The van der Waals surface area contributed by atoms with Crippen LogP contribution in [0, 0.1) is 23.2 Å². The van der Waals surface area contributed by atoms with E-state index in [0.29, 0.717) is 12.3 Å². The molecule has 2 fully saturated rings. The lowest BCUT2D eigenvalue weighted by molar-refractivity contribution is -0.326. The number of rotatable bonds is 4. The van der Waals surface area contributed by atoms with Gasteiger partial charge in [0.15, 0.2) is 6.29 Å². The first-order valence-electron chi connectivity index (χ1n) is 10.4. The maximum atomic E-state index is 10.8. The van der Waals surface area contributed by atoms with Gasteiger partial charge in [0.05, 0.1) is 18.8 Å². The van der Waals surface area contributed by atoms with Crippen molar-refractivity contribution in [2.45, 2.75) is 89.9 Å². The smallest absolute Gasteiger partial charge is 0.187 e. The van der Waals surface area contributed by atoms with Crippen molar-refractivity contribution >= 4 is 0 Å². The number of aliphatic hydroxyl groups excluding tert-OH is 5. The average Bonchev–Trinajstić information content (AvgIpc) is 2.65. The first kappa shape index (κ1) is 22.2. The van der Waals surface area contributed by atoms with E-state index in [1.54, 1.807) is 0 Å². The summed E-state index contributed by atoms with van der Waals surface area (Å²) in [5, 5.41) is 50.8. The molecule has 1 aliphatic heterocycles. The van der Waals surface area contributed by atoms with Gasteiger partial charge in [-0.2, -0.15) is 0 Å². The van der Waals surface area contributed by atoms with Crippen LogP contribution in [0.4, 0.5) is 0 Å². The summed E-state index contributed by atoms with van der Waals surface area (Å²) in [5.41, 5.74) is 0.830. The fourth-order valence-electron chi connectivity index (χ4n) is 5.49. The summed E-state index contributed by atoms with van der Waals surface area (Å²) in [6.45, 7) is 7.94. The molecule has 3 aliphatic rings. The molecule has 0 spiro atoms. The van der Waals surface area contributed by atoms with Gasteiger partial charge in [-0.3, -0.25) is 0 Å². The zero-order valence-electron chi connectivity index (χ0n) is 17.2.